The predicted molar refractivity (Wildman–Crippen MR) is 44.2 cm³/mol. The van der Waals surface area contributed by atoms with E-state index >= 15 is 0 Å². The van der Waals surface area contributed by atoms with Gasteiger partial charge in [-0.1, -0.05) is 11.6 Å². The van der Waals surface area contributed by atoms with Crippen molar-refractivity contribution in [2.75, 3.05) is 0 Å². The van der Waals surface area contributed by atoms with Gasteiger partial charge in [0.15, 0.2) is 0 Å². The van der Waals surface area contributed by atoms with E-state index in [4.69, 9.17) is 11.6 Å². The van der Waals surface area contributed by atoms with E-state index in [1.807, 2.05) is 0 Å². The SMILES string of the molecule is Clc1ns[s+]c1SBr.[Br-]. The zero-order valence-corrected chi connectivity index (χ0v) is 10.2. The fourth-order valence-electron chi connectivity index (χ4n) is 0.202. The van der Waals surface area contributed by atoms with Crippen LogP contribution in [0.15, 0.2) is 4.21 Å². The maximum atomic E-state index is 5.60. The Kier molecular flexibility index (Phi) is 6.18. The third kappa shape index (κ3) is 2.98. The minimum atomic E-state index is 0. The van der Waals surface area contributed by atoms with E-state index in [0.717, 1.165) is 4.21 Å². The second-order valence-electron chi connectivity index (χ2n) is 0.905. The summed E-state index contributed by atoms with van der Waals surface area (Å²) in [7, 11) is 4.41. The van der Waals surface area contributed by atoms with E-state index in [1.165, 1.54) is 20.7 Å². The molecule has 7 heteroatoms. The largest absolute Gasteiger partial charge is 1.00 e. The van der Waals surface area contributed by atoms with Gasteiger partial charge in [-0.05, 0) is 14.8 Å². The second-order valence-corrected chi connectivity index (χ2v) is 4.91. The number of rotatable bonds is 1. The van der Waals surface area contributed by atoms with Gasteiger partial charge in [0.1, 0.15) is 0 Å². The van der Waals surface area contributed by atoms with Gasteiger partial charge in [-0.25, -0.2) is 0 Å². The molecule has 9 heavy (non-hydrogen) atoms. The molecule has 0 unspecified atom stereocenters. The van der Waals surface area contributed by atoms with Gasteiger partial charge in [0, 0.05) is 10.2 Å². The van der Waals surface area contributed by atoms with Crippen molar-refractivity contribution in [1.29, 1.82) is 0 Å². The zero-order chi connectivity index (χ0) is 5.98. The van der Waals surface area contributed by atoms with Crippen molar-refractivity contribution in [1.82, 2.24) is 4.37 Å². The van der Waals surface area contributed by atoms with E-state index in [0.29, 0.717) is 5.15 Å². The zero-order valence-electron chi connectivity index (χ0n) is 3.81. The van der Waals surface area contributed by atoms with Gasteiger partial charge in [0.05, 0.1) is 0 Å². The minimum Gasteiger partial charge on any atom is -1.00 e. The molecule has 0 aliphatic heterocycles. The molecule has 1 aromatic heterocycles. The molecule has 0 aliphatic carbocycles. The van der Waals surface area contributed by atoms with Gasteiger partial charge in [-0.3, -0.25) is 0 Å². The van der Waals surface area contributed by atoms with Crippen molar-refractivity contribution in [3.8, 4) is 0 Å². The first-order chi connectivity index (χ1) is 3.84. The molecular weight excluding hydrogens is 329 g/mol. The van der Waals surface area contributed by atoms with Gasteiger partial charge < -0.3 is 17.0 Å². The van der Waals surface area contributed by atoms with Crippen LogP contribution in [0.1, 0.15) is 0 Å². The Morgan fingerprint density at radius 2 is 2.44 bits per heavy atom. The van der Waals surface area contributed by atoms with Crippen molar-refractivity contribution in [2.45, 2.75) is 4.21 Å². The number of hydrogen-bond acceptors (Lipinski definition) is 3. The maximum Gasteiger partial charge on any atom is 0.332 e. The standard InChI is InChI=1S/C2BrClNS3.BrH/c3-6-2-1(4)5-8-7-2;/h;1H/q+1;/p-1. The van der Waals surface area contributed by atoms with E-state index in [-0.39, 0.29) is 17.0 Å². The Bertz CT molecular complexity index is 180. The molecule has 0 aliphatic rings. The minimum absolute atomic E-state index is 0. The highest BCUT2D eigenvalue weighted by Gasteiger charge is 2.15. The van der Waals surface area contributed by atoms with E-state index in [2.05, 4.69) is 19.2 Å². The van der Waals surface area contributed by atoms with Crippen molar-refractivity contribution in [3.05, 3.63) is 5.15 Å². The first kappa shape index (κ1) is 10.6. The van der Waals surface area contributed by atoms with Crippen LogP contribution in [0.2, 0.25) is 5.15 Å². The molecule has 1 nitrogen and oxygen atoms in total. The van der Waals surface area contributed by atoms with E-state index in [1.54, 1.807) is 10.3 Å². The molecule has 0 atom stereocenters. The van der Waals surface area contributed by atoms with Crippen LogP contribution in [0.25, 0.3) is 0 Å². The Morgan fingerprint density at radius 1 is 1.78 bits per heavy atom. The van der Waals surface area contributed by atoms with Crippen LogP contribution in [-0.4, -0.2) is 4.37 Å². The molecule has 0 amide bonds. The van der Waals surface area contributed by atoms with Crippen LogP contribution < -0.4 is 17.0 Å². The van der Waals surface area contributed by atoms with Gasteiger partial charge in [0.25, 0.3) is 10.5 Å². The van der Waals surface area contributed by atoms with Crippen LogP contribution in [0.4, 0.5) is 0 Å². The average Bonchev–Trinajstić information content (AvgIpc) is 2.14. The van der Waals surface area contributed by atoms with Crippen LogP contribution >= 0.6 is 57.5 Å². The highest BCUT2D eigenvalue weighted by molar-refractivity contribution is 9.50. The average molecular weight is 329 g/mol. The lowest BCUT2D eigenvalue weighted by molar-refractivity contribution is -0.00000129. The van der Waals surface area contributed by atoms with Crippen molar-refractivity contribution in [2.24, 2.45) is 0 Å². The lowest BCUT2D eigenvalue weighted by Crippen LogP contribution is -3.00. The van der Waals surface area contributed by atoms with Gasteiger partial charge in [0.2, 0.25) is 5.15 Å². The van der Waals surface area contributed by atoms with E-state index < -0.39 is 0 Å². The molecule has 0 fully saturated rings. The lowest BCUT2D eigenvalue weighted by atomic mass is 11.0. The third-order valence-electron chi connectivity index (χ3n) is 0.469. The fourth-order valence-corrected chi connectivity index (χ4v) is 4.98. The third-order valence-corrected chi connectivity index (χ3v) is 5.45. The summed E-state index contributed by atoms with van der Waals surface area (Å²) in [6, 6.07) is 0. The Balaban J connectivity index is 0.000000640. The van der Waals surface area contributed by atoms with Crippen LogP contribution in [0, 0.1) is 0 Å². The summed E-state index contributed by atoms with van der Waals surface area (Å²) in [6.07, 6.45) is 0. The lowest BCUT2D eigenvalue weighted by Gasteiger charge is -1.68. The van der Waals surface area contributed by atoms with Crippen molar-refractivity contribution < 1.29 is 17.0 Å². The van der Waals surface area contributed by atoms with Crippen LogP contribution in [-0.2, 0) is 0 Å². The van der Waals surface area contributed by atoms with Gasteiger partial charge in [-0.15, -0.1) is 4.37 Å². The van der Waals surface area contributed by atoms with Gasteiger partial charge >= 0.3 is 14.5 Å². The van der Waals surface area contributed by atoms with Gasteiger partial charge in [-0.2, -0.15) is 0 Å². The maximum absolute atomic E-state index is 5.60. The van der Waals surface area contributed by atoms with E-state index in [9.17, 15) is 0 Å². The molecule has 0 bridgehead atoms. The van der Waals surface area contributed by atoms with Crippen LogP contribution in [0.3, 0.4) is 0 Å². The molecule has 1 heterocycles. The predicted octanol–water partition coefficient (Wildman–Crippen LogP) is 0.545. The number of nitrogens with zero attached hydrogens (tertiary/aromatic N) is 1. The number of hydrogen-bond donors (Lipinski definition) is 0. The quantitative estimate of drug-likeness (QED) is 0.551. The summed E-state index contributed by atoms with van der Waals surface area (Å²) in [4.78, 5) is 0. The molecule has 0 saturated carbocycles. The first-order valence-electron chi connectivity index (χ1n) is 1.57. The smallest absolute Gasteiger partial charge is 0.332 e. The molecule has 1 aromatic rings. The molecule has 0 aromatic carbocycles. The highest BCUT2D eigenvalue weighted by Crippen LogP contribution is 2.36. The van der Waals surface area contributed by atoms with Crippen molar-refractivity contribution >= 4 is 57.5 Å². The summed E-state index contributed by atoms with van der Waals surface area (Å²) in [5.41, 5.74) is 0. The molecule has 1 rings (SSSR count). The molecule has 0 radical (unpaired) electrons. The summed E-state index contributed by atoms with van der Waals surface area (Å²) in [5.74, 6) is 0. The number of aromatic nitrogens is 1. The summed E-state index contributed by atoms with van der Waals surface area (Å²) >= 11 is 8.80. The summed E-state index contributed by atoms with van der Waals surface area (Å²) in [6.45, 7) is 0. The Hall–Kier alpha value is 1.58. The Labute approximate surface area is 87.3 Å². The fraction of sp³-hybridized carbons (Fsp3) is 0. The van der Waals surface area contributed by atoms with Crippen LogP contribution in [0.5, 0.6) is 0 Å². The second kappa shape index (κ2) is 5.26. The topological polar surface area (TPSA) is 12.9 Å². The molecular formula is C2Br2ClNS3. The molecule has 0 spiro atoms. The Morgan fingerprint density at radius 3 is 2.67 bits per heavy atom. The molecule has 0 saturated heterocycles. The monoisotopic (exact) mass is 327 g/mol. The molecule has 0 N–H and O–H groups in total. The molecule has 52 valence electrons. The summed E-state index contributed by atoms with van der Waals surface area (Å²) < 4.78 is 4.89. The number of halogens is 3. The highest BCUT2D eigenvalue weighted by atomic mass is 79.9. The van der Waals surface area contributed by atoms with Crippen molar-refractivity contribution in [3.63, 3.8) is 0 Å². The summed E-state index contributed by atoms with van der Waals surface area (Å²) in [5, 5.41) is 0.599. The normalized spacial score (nSPS) is 8.67. The first-order valence-corrected chi connectivity index (χ1v) is 6.72.